The highest BCUT2D eigenvalue weighted by atomic mass is 32.1. The average molecular weight is 312 g/mol. The highest BCUT2D eigenvalue weighted by molar-refractivity contribution is 7.14. The molecule has 3 aromatic rings. The lowest BCUT2D eigenvalue weighted by atomic mass is 10.1. The number of H-pyrrole nitrogens is 1. The summed E-state index contributed by atoms with van der Waals surface area (Å²) in [5, 5.41) is 17.2. The number of anilines is 1. The second kappa shape index (κ2) is 5.84. The van der Waals surface area contributed by atoms with Gasteiger partial charge in [0.15, 0.2) is 11.0 Å². The van der Waals surface area contributed by atoms with Crippen molar-refractivity contribution in [1.29, 1.82) is 0 Å². The Bertz CT molecular complexity index is 728. The van der Waals surface area contributed by atoms with E-state index < -0.39 is 0 Å². The number of benzene rings is 1. The van der Waals surface area contributed by atoms with Gasteiger partial charge in [0.25, 0.3) is 0 Å². The fraction of sp³-hybridized carbons (Fsp3) is 0.333. The molecular formula is C15H16N6S. The van der Waals surface area contributed by atoms with Crippen LogP contribution >= 0.6 is 11.3 Å². The molecule has 2 aromatic heterocycles. The van der Waals surface area contributed by atoms with Crippen LogP contribution in [0.25, 0.3) is 22.6 Å². The Labute approximate surface area is 132 Å². The third-order valence-corrected chi connectivity index (χ3v) is 4.82. The van der Waals surface area contributed by atoms with E-state index in [1.54, 1.807) is 11.3 Å². The molecule has 1 saturated heterocycles. The van der Waals surface area contributed by atoms with Crippen LogP contribution in [0.5, 0.6) is 0 Å². The molecule has 1 N–H and O–H groups in total. The minimum Gasteiger partial charge on any atom is -0.348 e. The lowest BCUT2D eigenvalue weighted by molar-refractivity contribution is 0.577. The first-order valence-corrected chi connectivity index (χ1v) is 8.33. The van der Waals surface area contributed by atoms with Crippen molar-refractivity contribution in [2.24, 2.45) is 0 Å². The van der Waals surface area contributed by atoms with E-state index in [9.17, 15) is 0 Å². The topological polar surface area (TPSA) is 70.6 Å². The fourth-order valence-electron chi connectivity index (χ4n) is 2.71. The monoisotopic (exact) mass is 312 g/mol. The number of aromatic nitrogens is 5. The standard InChI is InChI=1S/C15H16N6S/c1-2-8-21(9-3-1)15-16-13(10-22-15)11-4-6-12(7-5-11)14-17-19-20-18-14/h4-7,10H,1-3,8-9H2,(H,17,18,19,20). The van der Waals surface area contributed by atoms with Crippen molar-refractivity contribution < 1.29 is 0 Å². The van der Waals surface area contributed by atoms with E-state index in [0.717, 1.165) is 35.0 Å². The molecular weight excluding hydrogens is 296 g/mol. The molecule has 112 valence electrons. The van der Waals surface area contributed by atoms with Gasteiger partial charge in [-0.25, -0.2) is 10.1 Å². The molecule has 1 aromatic carbocycles. The van der Waals surface area contributed by atoms with Crippen LogP contribution in [0.4, 0.5) is 5.13 Å². The summed E-state index contributed by atoms with van der Waals surface area (Å²) >= 11 is 1.73. The summed E-state index contributed by atoms with van der Waals surface area (Å²) in [4.78, 5) is 7.19. The number of hydrogen-bond donors (Lipinski definition) is 1. The van der Waals surface area contributed by atoms with Crippen LogP contribution in [-0.2, 0) is 0 Å². The van der Waals surface area contributed by atoms with Crippen molar-refractivity contribution in [2.45, 2.75) is 19.3 Å². The van der Waals surface area contributed by atoms with E-state index >= 15 is 0 Å². The van der Waals surface area contributed by atoms with Crippen molar-refractivity contribution >= 4 is 16.5 Å². The maximum Gasteiger partial charge on any atom is 0.185 e. The maximum atomic E-state index is 4.79. The first kappa shape index (κ1) is 13.4. The Morgan fingerprint density at radius 3 is 2.50 bits per heavy atom. The van der Waals surface area contributed by atoms with Crippen LogP contribution in [0.1, 0.15) is 19.3 Å². The first-order valence-electron chi connectivity index (χ1n) is 7.45. The normalized spacial score (nSPS) is 15.2. The SMILES string of the molecule is c1cc(-c2nnn[nH]2)ccc1-c1csc(N2CCCCC2)n1. The van der Waals surface area contributed by atoms with E-state index in [0.29, 0.717) is 5.82 Å². The van der Waals surface area contributed by atoms with Gasteiger partial charge in [0.1, 0.15) is 0 Å². The third kappa shape index (κ3) is 2.59. The molecule has 3 heterocycles. The Balaban J connectivity index is 1.55. The van der Waals surface area contributed by atoms with Crippen molar-refractivity contribution in [3.05, 3.63) is 29.6 Å². The fourth-order valence-corrected chi connectivity index (χ4v) is 3.60. The second-order valence-corrected chi connectivity index (χ2v) is 6.23. The van der Waals surface area contributed by atoms with E-state index in [1.807, 2.05) is 12.1 Å². The molecule has 6 nitrogen and oxygen atoms in total. The van der Waals surface area contributed by atoms with Gasteiger partial charge in [0.2, 0.25) is 0 Å². The van der Waals surface area contributed by atoms with Crippen LogP contribution in [0.2, 0.25) is 0 Å². The molecule has 0 spiro atoms. The Kier molecular flexibility index (Phi) is 3.56. The summed E-state index contributed by atoms with van der Waals surface area (Å²) in [7, 11) is 0. The lowest BCUT2D eigenvalue weighted by Crippen LogP contribution is -2.29. The van der Waals surface area contributed by atoms with Gasteiger partial charge in [0.05, 0.1) is 5.69 Å². The van der Waals surface area contributed by atoms with Crippen LogP contribution in [0.3, 0.4) is 0 Å². The molecule has 7 heteroatoms. The number of tetrazole rings is 1. The van der Waals surface area contributed by atoms with Crippen LogP contribution < -0.4 is 4.90 Å². The second-order valence-electron chi connectivity index (χ2n) is 5.39. The van der Waals surface area contributed by atoms with Gasteiger partial charge in [-0.1, -0.05) is 24.3 Å². The summed E-state index contributed by atoms with van der Waals surface area (Å²) in [5.41, 5.74) is 3.13. The number of piperidine rings is 1. The third-order valence-electron chi connectivity index (χ3n) is 3.92. The van der Waals surface area contributed by atoms with Gasteiger partial charge in [-0.2, -0.15) is 0 Å². The Hall–Kier alpha value is -2.28. The molecule has 0 aliphatic carbocycles. The zero-order valence-corrected chi connectivity index (χ0v) is 12.9. The molecule has 0 amide bonds. The van der Waals surface area contributed by atoms with Gasteiger partial charge >= 0.3 is 0 Å². The molecule has 0 atom stereocenters. The molecule has 0 unspecified atom stereocenters. The van der Waals surface area contributed by atoms with E-state index in [1.165, 1.54) is 19.3 Å². The summed E-state index contributed by atoms with van der Waals surface area (Å²) in [5.74, 6) is 0.679. The number of nitrogens with zero attached hydrogens (tertiary/aromatic N) is 5. The van der Waals surface area contributed by atoms with Gasteiger partial charge < -0.3 is 4.90 Å². The molecule has 4 rings (SSSR count). The quantitative estimate of drug-likeness (QED) is 0.805. The maximum absolute atomic E-state index is 4.79. The Morgan fingerprint density at radius 2 is 1.77 bits per heavy atom. The predicted octanol–water partition coefficient (Wildman–Crippen LogP) is 2.98. The van der Waals surface area contributed by atoms with Crippen LogP contribution in [0.15, 0.2) is 29.6 Å². The van der Waals surface area contributed by atoms with Crippen LogP contribution in [-0.4, -0.2) is 38.7 Å². The predicted molar refractivity (Wildman–Crippen MR) is 86.8 cm³/mol. The van der Waals surface area contributed by atoms with Crippen molar-refractivity contribution in [3.63, 3.8) is 0 Å². The smallest absolute Gasteiger partial charge is 0.185 e. The molecule has 22 heavy (non-hydrogen) atoms. The number of nitrogens with one attached hydrogen (secondary N) is 1. The number of rotatable bonds is 3. The first-order chi connectivity index (χ1) is 10.9. The van der Waals surface area contributed by atoms with E-state index in [-0.39, 0.29) is 0 Å². The van der Waals surface area contributed by atoms with Gasteiger partial charge in [-0.05, 0) is 29.7 Å². The minimum absolute atomic E-state index is 0.679. The summed E-state index contributed by atoms with van der Waals surface area (Å²) in [6.45, 7) is 2.26. The van der Waals surface area contributed by atoms with Crippen molar-refractivity contribution in [2.75, 3.05) is 18.0 Å². The highest BCUT2D eigenvalue weighted by Crippen LogP contribution is 2.30. The molecule has 0 bridgehead atoms. The largest absolute Gasteiger partial charge is 0.348 e. The van der Waals surface area contributed by atoms with Gasteiger partial charge in [-0.3, -0.25) is 0 Å². The summed E-state index contributed by atoms with van der Waals surface area (Å²) < 4.78 is 0. The summed E-state index contributed by atoms with van der Waals surface area (Å²) in [6, 6.07) is 8.15. The molecule has 0 saturated carbocycles. The molecule has 1 aliphatic heterocycles. The molecule has 1 fully saturated rings. The zero-order valence-electron chi connectivity index (χ0n) is 12.1. The lowest BCUT2D eigenvalue weighted by Gasteiger charge is -2.25. The Morgan fingerprint density at radius 1 is 1.00 bits per heavy atom. The average Bonchev–Trinajstić information content (AvgIpc) is 3.28. The zero-order chi connectivity index (χ0) is 14.8. The van der Waals surface area contributed by atoms with Crippen molar-refractivity contribution in [3.8, 4) is 22.6 Å². The summed E-state index contributed by atoms with van der Waals surface area (Å²) in [6.07, 6.45) is 3.89. The van der Waals surface area contributed by atoms with E-state index in [2.05, 4.69) is 43.0 Å². The minimum atomic E-state index is 0.679. The number of hydrogen-bond acceptors (Lipinski definition) is 6. The number of thiazole rings is 1. The molecule has 1 aliphatic rings. The van der Waals surface area contributed by atoms with E-state index in [4.69, 9.17) is 4.98 Å². The number of aromatic amines is 1. The van der Waals surface area contributed by atoms with Crippen molar-refractivity contribution in [1.82, 2.24) is 25.6 Å². The highest BCUT2D eigenvalue weighted by Gasteiger charge is 2.15. The van der Waals surface area contributed by atoms with Gasteiger partial charge in [-0.15, -0.1) is 16.4 Å². The van der Waals surface area contributed by atoms with Gasteiger partial charge in [0, 0.05) is 29.6 Å². The molecule has 0 radical (unpaired) electrons. The van der Waals surface area contributed by atoms with Crippen LogP contribution in [0, 0.1) is 0 Å².